The smallest absolute Gasteiger partial charge is 0.321 e. The van der Waals surface area contributed by atoms with Crippen molar-refractivity contribution in [3.05, 3.63) is 53.8 Å². The van der Waals surface area contributed by atoms with Gasteiger partial charge in [0.1, 0.15) is 11.9 Å². The fourth-order valence-corrected chi connectivity index (χ4v) is 3.98. The largest absolute Gasteiger partial charge is 0.493 e. The molecular weight excluding hydrogens is 455 g/mol. The Hall–Kier alpha value is -3.82. The summed E-state index contributed by atoms with van der Waals surface area (Å²) in [6.07, 6.45) is 1.36. The highest BCUT2D eigenvalue weighted by atomic mass is 19.1. The van der Waals surface area contributed by atoms with Crippen molar-refractivity contribution < 1.29 is 28.2 Å². The summed E-state index contributed by atoms with van der Waals surface area (Å²) >= 11 is 0. The summed E-state index contributed by atoms with van der Waals surface area (Å²) in [6.45, 7) is 2.18. The van der Waals surface area contributed by atoms with Gasteiger partial charge in [0.2, 0.25) is 11.8 Å². The highest BCUT2D eigenvalue weighted by molar-refractivity contribution is 5.89. The van der Waals surface area contributed by atoms with Crippen LogP contribution in [-0.4, -0.2) is 62.1 Å². The maximum absolute atomic E-state index is 13.8. The van der Waals surface area contributed by atoms with Crippen molar-refractivity contribution >= 4 is 23.5 Å². The molecule has 1 aliphatic rings. The molecule has 0 radical (unpaired) electrons. The van der Waals surface area contributed by atoms with Gasteiger partial charge < -0.3 is 30.3 Å². The van der Waals surface area contributed by atoms with Crippen molar-refractivity contribution in [2.24, 2.45) is 0 Å². The van der Waals surface area contributed by atoms with Gasteiger partial charge >= 0.3 is 6.03 Å². The molecule has 10 heteroatoms. The quantitative estimate of drug-likeness (QED) is 0.532. The van der Waals surface area contributed by atoms with Crippen molar-refractivity contribution in [2.75, 3.05) is 32.6 Å². The van der Waals surface area contributed by atoms with E-state index < -0.39 is 11.9 Å². The SMILES string of the molecule is COc1ccc(C[C@H](NC(C)=O)C(=O)NC2CCN(C(=O)Nc3ccccc3F)CC2)cc1OC. The molecule has 3 rings (SSSR count). The first kappa shape index (κ1) is 25.8. The Morgan fingerprint density at radius 1 is 1.06 bits per heavy atom. The molecule has 3 N–H and O–H groups in total. The number of ether oxygens (including phenoxy) is 2. The number of nitrogens with zero attached hydrogens (tertiary/aromatic N) is 1. The number of anilines is 1. The van der Waals surface area contributed by atoms with E-state index in [2.05, 4.69) is 16.0 Å². The summed E-state index contributed by atoms with van der Waals surface area (Å²) in [7, 11) is 3.07. The number of benzene rings is 2. The van der Waals surface area contributed by atoms with Crippen molar-refractivity contribution in [1.29, 1.82) is 0 Å². The van der Waals surface area contributed by atoms with Crippen molar-refractivity contribution in [2.45, 2.75) is 38.3 Å². The van der Waals surface area contributed by atoms with E-state index in [1.807, 2.05) is 6.07 Å². The zero-order valence-electron chi connectivity index (χ0n) is 20.1. The van der Waals surface area contributed by atoms with Gasteiger partial charge in [0, 0.05) is 32.5 Å². The molecule has 35 heavy (non-hydrogen) atoms. The number of halogens is 1. The number of rotatable bonds is 8. The summed E-state index contributed by atoms with van der Waals surface area (Å²) < 4.78 is 24.4. The molecule has 9 nitrogen and oxygen atoms in total. The third-order valence-electron chi connectivity index (χ3n) is 5.83. The van der Waals surface area contributed by atoms with Gasteiger partial charge in [-0.2, -0.15) is 0 Å². The highest BCUT2D eigenvalue weighted by Gasteiger charge is 2.27. The molecular formula is C25H31FN4O5. The number of para-hydroxylation sites is 1. The molecule has 4 amide bonds. The van der Waals surface area contributed by atoms with E-state index in [0.717, 1.165) is 5.56 Å². The minimum absolute atomic E-state index is 0.126. The second kappa shape index (κ2) is 12.0. The molecule has 0 spiro atoms. The Morgan fingerprint density at radius 2 is 1.74 bits per heavy atom. The lowest BCUT2D eigenvalue weighted by molar-refractivity contribution is -0.128. The van der Waals surface area contributed by atoms with Crippen LogP contribution in [0.5, 0.6) is 11.5 Å². The average molecular weight is 487 g/mol. The molecule has 1 heterocycles. The molecule has 2 aromatic rings. The summed E-state index contributed by atoms with van der Waals surface area (Å²) in [5, 5.41) is 8.27. The van der Waals surface area contributed by atoms with Crippen LogP contribution in [0.1, 0.15) is 25.3 Å². The molecule has 1 aliphatic heterocycles. The second-order valence-electron chi connectivity index (χ2n) is 8.33. The monoisotopic (exact) mass is 486 g/mol. The number of likely N-dealkylation sites (tertiary alicyclic amines) is 1. The second-order valence-corrected chi connectivity index (χ2v) is 8.33. The number of amides is 4. The van der Waals surface area contributed by atoms with Crippen molar-refractivity contribution in [1.82, 2.24) is 15.5 Å². The molecule has 188 valence electrons. The van der Waals surface area contributed by atoms with E-state index in [1.54, 1.807) is 36.3 Å². The number of carbonyl (C=O) groups is 3. The number of carbonyl (C=O) groups excluding carboxylic acids is 3. The molecule has 0 unspecified atom stereocenters. The summed E-state index contributed by atoms with van der Waals surface area (Å²) in [5.41, 5.74) is 0.928. The number of hydrogen-bond acceptors (Lipinski definition) is 5. The van der Waals surface area contributed by atoms with Crippen LogP contribution >= 0.6 is 0 Å². The highest BCUT2D eigenvalue weighted by Crippen LogP contribution is 2.28. The first-order valence-electron chi connectivity index (χ1n) is 11.4. The Morgan fingerprint density at radius 3 is 2.37 bits per heavy atom. The van der Waals surface area contributed by atoms with E-state index in [9.17, 15) is 18.8 Å². The molecule has 2 aromatic carbocycles. The van der Waals surface area contributed by atoms with Gasteiger partial charge in [-0.1, -0.05) is 18.2 Å². The van der Waals surface area contributed by atoms with E-state index >= 15 is 0 Å². The molecule has 0 bridgehead atoms. The van der Waals surface area contributed by atoms with Crippen LogP contribution < -0.4 is 25.4 Å². The van der Waals surface area contributed by atoms with Crippen LogP contribution in [-0.2, 0) is 16.0 Å². The summed E-state index contributed by atoms with van der Waals surface area (Å²) in [5.74, 6) is -0.00779. The molecule has 0 aromatic heterocycles. The maximum Gasteiger partial charge on any atom is 0.321 e. The zero-order chi connectivity index (χ0) is 25.4. The molecule has 1 fully saturated rings. The van der Waals surface area contributed by atoms with Crippen LogP contribution in [0.4, 0.5) is 14.9 Å². The van der Waals surface area contributed by atoms with Crippen LogP contribution in [0.15, 0.2) is 42.5 Å². The zero-order valence-corrected chi connectivity index (χ0v) is 20.1. The fourth-order valence-electron chi connectivity index (χ4n) is 3.98. The molecule has 1 atom stereocenters. The Labute approximate surface area is 204 Å². The first-order chi connectivity index (χ1) is 16.8. The summed E-state index contributed by atoms with van der Waals surface area (Å²) in [4.78, 5) is 38.8. The predicted octanol–water partition coefficient (Wildman–Crippen LogP) is 2.70. The number of nitrogens with one attached hydrogen (secondary N) is 3. The molecule has 1 saturated heterocycles. The Bertz CT molecular complexity index is 1060. The van der Waals surface area contributed by atoms with Gasteiger partial charge in [-0.3, -0.25) is 9.59 Å². The topological polar surface area (TPSA) is 109 Å². The number of methoxy groups -OCH3 is 2. The van der Waals surface area contributed by atoms with E-state index in [0.29, 0.717) is 37.4 Å². The van der Waals surface area contributed by atoms with E-state index in [4.69, 9.17) is 9.47 Å². The van der Waals surface area contributed by atoms with Gasteiger partial charge in [0.15, 0.2) is 11.5 Å². The molecule has 0 aliphatic carbocycles. The van der Waals surface area contributed by atoms with Crippen molar-refractivity contribution in [3.8, 4) is 11.5 Å². The third-order valence-corrected chi connectivity index (χ3v) is 5.83. The lowest BCUT2D eigenvalue weighted by Crippen LogP contribution is -2.53. The third kappa shape index (κ3) is 7.08. The average Bonchev–Trinajstić information content (AvgIpc) is 2.85. The molecule has 0 saturated carbocycles. The van der Waals surface area contributed by atoms with Gasteiger partial charge in [0.05, 0.1) is 19.9 Å². The minimum atomic E-state index is -0.770. The van der Waals surface area contributed by atoms with E-state index in [1.165, 1.54) is 26.2 Å². The lowest BCUT2D eigenvalue weighted by Gasteiger charge is -2.33. The van der Waals surface area contributed by atoms with Crippen LogP contribution in [0, 0.1) is 5.82 Å². The van der Waals surface area contributed by atoms with Gasteiger partial charge in [0.25, 0.3) is 0 Å². The van der Waals surface area contributed by atoms with Crippen LogP contribution in [0.3, 0.4) is 0 Å². The summed E-state index contributed by atoms with van der Waals surface area (Å²) in [6, 6.07) is 10.0. The van der Waals surface area contributed by atoms with E-state index in [-0.39, 0.29) is 36.0 Å². The number of urea groups is 1. The standard InChI is InChI=1S/C25H31FN4O5/c1-16(31)27-21(14-17-8-9-22(34-2)23(15-17)35-3)24(32)28-18-10-12-30(13-11-18)25(33)29-20-7-5-4-6-19(20)26/h4-9,15,18,21H,10-14H2,1-3H3,(H,27,31)(H,28,32)(H,29,33)/t21-/m0/s1. The number of piperidine rings is 1. The first-order valence-corrected chi connectivity index (χ1v) is 11.4. The van der Waals surface area contributed by atoms with Crippen LogP contribution in [0.2, 0.25) is 0 Å². The fraction of sp³-hybridized carbons (Fsp3) is 0.400. The van der Waals surface area contributed by atoms with Crippen molar-refractivity contribution in [3.63, 3.8) is 0 Å². The maximum atomic E-state index is 13.8. The van der Waals surface area contributed by atoms with Gasteiger partial charge in [-0.05, 0) is 42.7 Å². The van der Waals surface area contributed by atoms with Gasteiger partial charge in [-0.15, -0.1) is 0 Å². The van der Waals surface area contributed by atoms with Gasteiger partial charge in [-0.25, -0.2) is 9.18 Å². The Kier molecular flexibility index (Phi) is 8.88. The minimum Gasteiger partial charge on any atom is -0.493 e. The number of hydrogen-bond donors (Lipinski definition) is 3. The lowest BCUT2D eigenvalue weighted by atomic mass is 10.0. The van der Waals surface area contributed by atoms with Crippen LogP contribution in [0.25, 0.3) is 0 Å². The Balaban J connectivity index is 1.56. The predicted molar refractivity (Wildman–Crippen MR) is 129 cm³/mol. The normalized spacial score (nSPS) is 14.6.